The number of ether oxygens (including phenoxy) is 1. The fraction of sp³-hybridized carbons (Fsp3) is 0.412. The molecule has 26 heavy (non-hydrogen) atoms. The maximum absolute atomic E-state index is 12.1. The van der Waals surface area contributed by atoms with Crippen molar-refractivity contribution in [3.8, 4) is 0 Å². The first-order valence-corrected chi connectivity index (χ1v) is 9.20. The first-order chi connectivity index (χ1) is 12.4. The van der Waals surface area contributed by atoms with Crippen molar-refractivity contribution in [2.45, 2.75) is 31.2 Å². The number of esters is 1. The molecule has 0 aromatic heterocycles. The van der Waals surface area contributed by atoms with Gasteiger partial charge in [0, 0.05) is 23.6 Å². The van der Waals surface area contributed by atoms with Crippen LogP contribution >= 0.6 is 11.8 Å². The number of carbonyl (C=O) groups excluding carboxylic acids is 4. The van der Waals surface area contributed by atoms with Crippen LogP contribution in [-0.2, 0) is 19.1 Å². The van der Waals surface area contributed by atoms with Gasteiger partial charge in [-0.1, -0.05) is 0 Å². The van der Waals surface area contributed by atoms with Crippen molar-refractivity contribution in [3.63, 3.8) is 0 Å². The average molecular weight is 379 g/mol. The molecule has 0 saturated heterocycles. The molecule has 0 spiro atoms. The van der Waals surface area contributed by atoms with Crippen LogP contribution in [0.1, 0.15) is 30.6 Å². The number of likely N-dealkylation sites (N-methyl/N-ethyl adjacent to an activating group) is 1. The van der Waals surface area contributed by atoms with Crippen LogP contribution in [-0.4, -0.2) is 48.6 Å². The summed E-state index contributed by atoms with van der Waals surface area (Å²) in [4.78, 5) is 48.0. The van der Waals surface area contributed by atoms with Gasteiger partial charge in [0.2, 0.25) is 11.8 Å². The monoisotopic (exact) mass is 379 g/mol. The van der Waals surface area contributed by atoms with Crippen molar-refractivity contribution in [2.75, 3.05) is 24.2 Å². The summed E-state index contributed by atoms with van der Waals surface area (Å²) in [6, 6.07) is 4.13. The van der Waals surface area contributed by atoms with E-state index < -0.39 is 24.5 Å². The second-order valence-corrected chi connectivity index (χ2v) is 6.75. The van der Waals surface area contributed by atoms with Crippen LogP contribution in [0.25, 0.3) is 0 Å². The number of rotatable bonds is 6. The molecule has 1 aliphatic heterocycles. The van der Waals surface area contributed by atoms with Crippen LogP contribution in [0.5, 0.6) is 0 Å². The SMILES string of the molecule is CCNC(=O)[C@H](C)NC(=O)COC(=O)c1ccc2c(c1)NC(=O)CCS2. The zero-order chi connectivity index (χ0) is 19.1. The zero-order valence-corrected chi connectivity index (χ0v) is 15.4. The molecule has 140 valence electrons. The fourth-order valence-corrected chi connectivity index (χ4v) is 3.17. The molecule has 0 fully saturated rings. The Morgan fingerprint density at radius 1 is 1.35 bits per heavy atom. The second kappa shape index (κ2) is 9.23. The van der Waals surface area contributed by atoms with E-state index in [0.29, 0.717) is 24.4 Å². The van der Waals surface area contributed by atoms with E-state index in [1.54, 1.807) is 19.1 Å². The summed E-state index contributed by atoms with van der Waals surface area (Å²) in [5.74, 6) is -1.01. The Morgan fingerprint density at radius 3 is 2.85 bits per heavy atom. The molecule has 0 radical (unpaired) electrons. The van der Waals surface area contributed by atoms with Gasteiger partial charge in [-0.15, -0.1) is 11.8 Å². The van der Waals surface area contributed by atoms with Crippen LogP contribution in [0.4, 0.5) is 5.69 Å². The normalized spacial score (nSPS) is 14.3. The number of amides is 3. The van der Waals surface area contributed by atoms with Crippen LogP contribution in [0.3, 0.4) is 0 Å². The Labute approximate surface area is 155 Å². The Kier molecular flexibility index (Phi) is 7.02. The molecule has 0 saturated carbocycles. The standard InChI is InChI=1S/C17H21N3O5S/c1-3-18-16(23)10(2)19-15(22)9-25-17(24)11-4-5-13-12(8-11)20-14(21)6-7-26-13/h4-5,8,10H,3,6-7,9H2,1-2H3,(H,18,23)(H,19,22)(H,20,21)/t10-/m0/s1. The van der Waals surface area contributed by atoms with Gasteiger partial charge < -0.3 is 20.7 Å². The number of carbonyl (C=O) groups is 4. The number of anilines is 1. The first-order valence-electron chi connectivity index (χ1n) is 8.21. The van der Waals surface area contributed by atoms with E-state index in [-0.39, 0.29) is 17.4 Å². The molecule has 1 atom stereocenters. The summed E-state index contributed by atoms with van der Waals surface area (Å²) >= 11 is 1.53. The molecule has 1 aromatic carbocycles. The van der Waals surface area contributed by atoms with Crippen LogP contribution in [0.15, 0.2) is 23.1 Å². The fourth-order valence-electron chi connectivity index (χ4n) is 2.24. The molecular weight excluding hydrogens is 358 g/mol. The Bertz CT molecular complexity index is 722. The highest BCUT2D eigenvalue weighted by Gasteiger charge is 2.18. The molecule has 1 aliphatic rings. The van der Waals surface area contributed by atoms with Gasteiger partial charge in [0.1, 0.15) is 6.04 Å². The number of hydrogen-bond donors (Lipinski definition) is 3. The summed E-state index contributed by atoms with van der Waals surface area (Å²) in [7, 11) is 0. The largest absolute Gasteiger partial charge is 0.452 e. The lowest BCUT2D eigenvalue weighted by atomic mass is 10.2. The Hall–Kier alpha value is -2.55. The smallest absolute Gasteiger partial charge is 0.338 e. The zero-order valence-electron chi connectivity index (χ0n) is 14.6. The van der Waals surface area contributed by atoms with Gasteiger partial charge in [-0.05, 0) is 32.0 Å². The minimum Gasteiger partial charge on any atom is -0.452 e. The molecule has 3 N–H and O–H groups in total. The summed E-state index contributed by atoms with van der Waals surface area (Å²) in [5, 5.41) is 7.77. The summed E-state index contributed by atoms with van der Waals surface area (Å²) < 4.78 is 4.98. The highest BCUT2D eigenvalue weighted by molar-refractivity contribution is 7.99. The third kappa shape index (κ3) is 5.48. The molecule has 3 amide bonds. The van der Waals surface area contributed by atoms with E-state index >= 15 is 0 Å². The highest BCUT2D eigenvalue weighted by Crippen LogP contribution is 2.31. The van der Waals surface area contributed by atoms with Crippen molar-refractivity contribution in [1.82, 2.24) is 10.6 Å². The van der Waals surface area contributed by atoms with E-state index in [1.165, 1.54) is 24.8 Å². The Balaban J connectivity index is 1.91. The molecule has 2 rings (SSSR count). The minimum absolute atomic E-state index is 0.111. The quantitative estimate of drug-likeness (QED) is 0.634. The Morgan fingerprint density at radius 2 is 2.12 bits per heavy atom. The van der Waals surface area contributed by atoms with Crippen molar-refractivity contribution < 1.29 is 23.9 Å². The van der Waals surface area contributed by atoms with Gasteiger partial charge in [-0.25, -0.2) is 4.79 Å². The lowest BCUT2D eigenvalue weighted by Crippen LogP contribution is -2.46. The first kappa shape index (κ1) is 19.8. The molecule has 0 bridgehead atoms. The summed E-state index contributed by atoms with van der Waals surface area (Å²) in [6.07, 6.45) is 0.406. The molecular formula is C17H21N3O5S. The van der Waals surface area contributed by atoms with Crippen LogP contribution in [0.2, 0.25) is 0 Å². The van der Waals surface area contributed by atoms with Crippen LogP contribution < -0.4 is 16.0 Å². The molecule has 8 nitrogen and oxygen atoms in total. The van der Waals surface area contributed by atoms with E-state index in [4.69, 9.17) is 4.74 Å². The highest BCUT2D eigenvalue weighted by atomic mass is 32.2. The van der Waals surface area contributed by atoms with Crippen molar-refractivity contribution >= 4 is 41.1 Å². The number of fused-ring (bicyclic) bond motifs is 1. The van der Waals surface area contributed by atoms with Crippen molar-refractivity contribution in [2.24, 2.45) is 0 Å². The number of benzene rings is 1. The summed E-state index contributed by atoms with van der Waals surface area (Å²) in [5.41, 5.74) is 0.789. The van der Waals surface area contributed by atoms with Gasteiger partial charge in [0.25, 0.3) is 5.91 Å². The minimum atomic E-state index is -0.721. The van der Waals surface area contributed by atoms with Gasteiger partial charge >= 0.3 is 5.97 Å². The predicted octanol–water partition coefficient (Wildman–Crippen LogP) is 0.918. The van der Waals surface area contributed by atoms with E-state index in [0.717, 1.165) is 4.90 Å². The third-order valence-electron chi connectivity index (χ3n) is 3.53. The van der Waals surface area contributed by atoms with Crippen LogP contribution in [0, 0.1) is 0 Å². The predicted molar refractivity (Wildman–Crippen MR) is 97.0 cm³/mol. The maximum atomic E-state index is 12.1. The lowest BCUT2D eigenvalue weighted by molar-refractivity contribution is -0.130. The topological polar surface area (TPSA) is 114 Å². The number of nitrogens with one attached hydrogen (secondary N) is 3. The number of thioether (sulfide) groups is 1. The van der Waals surface area contributed by atoms with E-state index in [1.807, 2.05) is 0 Å². The average Bonchev–Trinajstić information content (AvgIpc) is 2.79. The molecule has 1 heterocycles. The molecule has 0 aliphatic carbocycles. The molecule has 0 unspecified atom stereocenters. The summed E-state index contributed by atoms with van der Waals surface area (Å²) in [6.45, 7) is 3.27. The van der Waals surface area contributed by atoms with Gasteiger partial charge in [0.05, 0.1) is 11.3 Å². The van der Waals surface area contributed by atoms with Crippen molar-refractivity contribution in [1.29, 1.82) is 0 Å². The lowest BCUT2D eigenvalue weighted by Gasteiger charge is -2.13. The van der Waals surface area contributed by atoms with E-state index in [9.17, 15) is 19.2 Å². The van der Waals surface area contributed by atoms with Crippen molar-refractivity contribution in [3.05, 3.63) is 23.8 Å². The van der Waals surface area contributed by atoms with Gasteiger partial charge in [0.15, 0.2) is 6.61 Å². The number of hydrogen-bond acceptors (Lipinski definition) is 6. The van der Waals surface area contributed by atoms with Gasteiger partial charge in [-0.3, -0.25) is 14.4 Å². The molecule has 1 aromatic rings. The van der Waals surface area contributed by atoms with E-state index in [2.05, 4.69) is 16.0 Å². The molecule has 9 heteroatoms. The van der Waals surface area contributed by atoms with Gasteiger partial charge in [-0.2, -0.15) is 0 Å². The maximum Gasteiger partial charge on any atom is 0.338 e. The second-order valence-electron chi connectivity index (χ2n) is 5.62. The third-order valence-corrected chi connectivity index (χ3v) is 4.61.